The molecule has 420 valence electrons. The lowest BCUT2D eigenvalue weighted by Gasteiger charge is -2.27. The molecule has 1 fully saturated rings. The summed E-state index contributed by atoms with van der Waals surface area (Å²) >= 11 is 5.53. The van der Waals surface area contributed by atoms with Crippen LogP contribution in [0.3, 0.4) is 0 Å². The minimum atomic E-state index is -1.01. The van der Waals surface area contributed by atoms with Gasteiger partial charge >= 0.3 is 23.9 Å². The molecule has 0 radical (unpaired) electrons. The third-order valence-corrected chi connectivity index (χ3v) is 12.6. The van der Waals surface area contributed by atoms with Crippen LogP contribution in [0.15, 0.2) is 60.7 Å². The van der Waals surface area contributed by atoms with Gasteiger partial charge in [0.15, 0.2) is 0 Å². The van der Waals surface area contributed by atoms with Crippen molar-refractivity contribution >= 4 is 47.3 Å². The minimum absolute atomic E-state index is 0. The van der Waals surface area contributed by atoms with E-state index in [2.05, 4.69) is 43.0 Å². The topological polar surface area (TPSA) is 284 Å². The molecule has 9 atom stereocenters. The number of halogens is 2. The van der Waals surface area contributed by atoms with E-state index in [1.165, 1.54) is 32.1 Å². The summed E-state index contributed by atoms with van der Waals surface area (Å²) in [5, 5.41) is 47.9. The smallest absolute Gasteiger partial charge is 0.320 e. The second-order valence-corrected chi connectivity index (χ2v) is 18.2. The molecular formula is C53H92Cl2N6O12. The van der Waals surface area contributed by atoms with Crippen LogP contribution in [0.1, 0.15) is 84.8 Å². The summed E-state index contributed by atoms with van der Waals surface area (Å²) in [6.07, 6.45) is 4.25. The molecule has 0 aliphatic carbocycles. The summed E-state index contributed by atoms with van der Waals surface area (Å²) in [4.78, 5) is 71.2. The summed E-state index contributed by atoms with van der Waals surface area (Å²) in [7, 11) is 7.38. The number of carboxylic acids is 2. The standard InChI is InChI=1S/C20H32N2O4.C13H26N2O4.C9H14O4.C7H7Cl.C4H12N2.ClH/c1-3-17(14-23)18(15(2)20(25)26)19(24)22-12-7-11-21-13-10-16-8-5-4-6-9-16;1-4-10(8-16)11(9(2)13(18)19)12(17)15-7-5-6-14-3;1-4-6(12-3)7-5(2)8(10)13-9(7)11;8-6-7-4-2-1-3-5-7;1-6(2)4-3-5;/h4-6,8-9,15,17-18,21,23H,3,7,10-14H2,1-2H3,(H,22,24)(H,25,26);9-11,14,16H,4-8H2,1-3H3,(H,15,17)(H,18,19);5-7H,4H2,1-3H3;1-5H,6H2;3-5H2,1-2H3;1H. The van der Waals surface area contributed by atoms with Crippen LogP contribution in [0.5, 0.6) is 0 Å². The quantitative estimate of drug-likeness (QED) is 0.0231. The van der Waals surface area contributed by atoms with Gasteiger partial charge in [0.25, 0.3) is 0 Å². The Kier molecular flexibility index (Phi) is 45.2. The summed E-state index contributed by atoms with van der Waals surface area (Å²) in [6, 6.07) is 20.3. The Morgan fingerprint density at radius 1 is 0.767 bits per heavy atom. The zero-order valence-corrected chi connectivity index (χ0v) is 46.7. The summed E-state index contributed by atoms with van der Waals surface area (Å²) in [6.45, 7) is 15.5. The van der Waals surface area contributed by atoms with Crippen molar-refractivity contribution in [3.8, 4) is 0 Å². The molecule has 11 N–H and O–H groups in total. The maximum absolute atomic E-state index is 12.4. The number of quaternary nitrogens is 1. The Balaban J connectivity index is -0.000000911. The molecule has 3 rings (SSSR count). The van der Waals surface area contributed by atoms with Crippen molar-refractivity contribution in [1.82, 2.24) is 20.9 Å². The number of esters is 2. The molecular weight excluding hydrogens is 984 g/mol. The molecule has 2 amide bonds. The average molecular weight is 1080 g/mol. The van der Waals surface area contributed by atoms with Crippen LogP contribution in [0, 0.1) is 47.3 Å². The van der Waals surface area contributed by atoms with Crippen LogP contribution in [-0.4, -0.2) is 154 Å². The van der Waals surface area contributed by atoms with E-state index in [4.69, 9.17) is 27.2 Å². The van der Waals surface area contributed by atoms with Crippen molar-refractivity contribution in [1.29, 1.82) is 0 Å². The summed E-state index contributed by atoms with van der Waals surface area (Å²) < 4.78 is 9.63. The number of alkyl halides is 1. The van der Waals surface area contributed by atoms with Crippen LogP contribution >= 0.6 is 11.6 Å². The molecule has 1 heterocycles. The molecule has 20 heteroatoms. The van der Waals surface area contributed by atoms with Gasteiger partial charge in [0, 0.05) is 65.2 Å². The van der Waals surface area contributed by atoms with E-state index in [9.17, 15) is 44.1 Å². The summed E-state index contributed by atoms with van der Waals surface area (Å²) in [5.74, 6) is -7.34. The van der Waals surface area contributed by atoms with E-state index < -0.39 is 53.5 Å². The number of nitrogens with zero attached hydrogens (tertiary/aromatic N) is 1. The number of aliphatic carboxylic acids is 2. The first-order chi connectivity index (χ1) is 34.3. The van der Waals surface area contributed by atoms with Crippen LogP contribution in [0.4, 0.5) is 0 Å². The Morgan fingerprint density at radius 3 is 1.55 bits per heavy atom. The van der Waals surface area contributed by atoms with Gasteiger partial charge in [-0.3, -0.25) is 28.8 Å². The first-order valence-corrected chi connectivity index (χ1v) is 25.8. The zero-order valence-electron chi connectivity index (χ0n) is 45.2. The summed E-state index contributed by atoms with van der Waals surface area (Å²) in [5.41, 5.74) is 7.68. The number of carboxylic acid groups (broad SMARTS) is 2. The number of aliphatic hydroxyl groups is 2. The van der Waals surface area contributed by atoms with Gasteiger partial charge in [-0.2, -0.15) is 0 Å². The normalized spacial score (nSPS) is 16.4. The highest BCUT2D eigenvalue weighted by molar-refractivity contribution is 6.17. The van der Waals surface area contributed by atoms with Crippen molar-refractivity contribution < 1.29 is 76.4 Å². The highest BCUT2D eigenvalue weighted by atomic mass is 35.5. The first-order valence-electron chi connectivity index (χ1n) is 25.3. The molecule has 2 aromatic carbocycles. The Labute approximate surface area is 447 Å². The number of hydrogen-bond donors (Lipinski definition) is 9. The van der Waals surface area contributed by atoms with Gasteiger partial charge < -0.3 is 74.2 Å². The zero-order chi connectivity index (χ0) is 55.0. The van der Waals surface area contributed by atoms with E-state index in [-0.39, 0.29) is 61.3 Å². The maximum atomic E-state index is 12.4. The number of benzene rings is 2. The molecule has 0 aromatic heterocycles. The van der Waals surface area contributed by atoms with Gasteiger partial charge in [-0.15, -0.1) is 11.6 Å². The fraction of sp³-hybridized carbons (Fsp3) is 0.660. The van der Waals surface area contributed by atoms with Crippen LogP contribution < -0.4 is 39.4 Å². The highest BCUT2D eigenvalue weighted by Gasteiger charge is 2.45. The monoisotopic (exact) mass is 1070 g/mol. The molecule has 0 spiro atoms. The van der Waals surface area contributed by atoms with E-state index in [1.54, 1.807) is 6.92 Å². The number of aliphatic hydroxyl groups excluding tert-OH is 2. The number of amides is 2. The third kappa shape index (κ3) is 31.3. The largest absolute Gasteiger partial charge is 1.00 e. The third-order valence-electron chi connectivity index (χ3n) is 12.3. The number of nitrogens with two attached hydrogens (primary N) is 2. The molecule has 1 aliphatic rings. The molecule has 0 saturated carbocycles. The van der Waals surface area contributed by atoms with E-state index in [0.29, 0.717) is 38.2 Å². The van der Waals surface area contributed by atoms with Crippen molar-refractivity contribution in [3.05, 3.63) is 71.8 Å². The Hall–Kier alpha value is -4.24. The van der Waals surface area contributed by atoms with Gasteiger partial charge in [0.2, 0.25) is 11.8 Å². The highest BCUT2D eigenvalue weighted by Crippen LogP contribution is 2.29. The fourth-order valence-corrected chi connectivity index (χ4v) is 7.88. The van der Waals surface area contributed by atoms with E-state index in [0.717, 1.165) is 52.0 Å². The lowest BCUT2D eigenvalue weighted by Crippen LogP contribution is -3.00. The number of methoxy groups -OCH3 is 1. The molecule has 73 heavy (non-hydrogen) atoms. The predicted octanol–water partition coefficient (Wildman–Crippen LogP) is 0.405. The predicted molar refractivity (Wildman–Crippen MR) is 282 cm³/mol. The molecule has 18 nitrogen and oxygen atoms in total. The van der Waals surface area contributed by atoms with Gasteiger partial charge in [-0.25, -0.2) is 0 Å². The molecule has 1 aliphatic heterocycles. The van der Waals surface area contributed by atoms with Crippen LogP contribution in [0.2, 0.25) is 0 Å². The van der Waals surface area contributed by atoms with Gasteiger partial charge in [0.05, 0.1) is 54.7 Å². The number of likely N-dealkylation sites (N-methyl/N-ethyl adjacent to an activating group) is 1. The van der Waals surface area contributed by atoms with Gasteiger partial charge in [0.1, 0.15) is 0 Å². The average Bonchev–Trinajstić information content (AvgIpc) is 3.63. The molecule has 0 bridgehead atoms. The molecule has 1 saturated heterocycles. The second kappa shape index (κ2) is 45.2. The Bertz CT molecular complexity index is 1740. The number of ether oxygens (including phenoxy) is 2. The van der Waals surface area contributed by atoms with Gasteiger partial charge in [-0.05, 0) is 63.5 Å². The van der Waals surface area contributed by atoms with Crippen molar-refractivity contribution in [2.45, 2.75) is 92.1 Å². The lowest BCUT2D eigenvalue weighted by molar-refractivity contribution is -0.654. The number of rotatable bonds is 29. The van der Waals surface area contributed by atoms with Crippen molar-refractivity contribution in [2.75, 3.05) is 87.3 Å². The minimum Gasteiger partial charge on any atom is -1.00 e. The first kappa shape index (κ1) is 73.0. The number of hydrogen-bond acceptors (Lipinski definition) is 13. The second-order valence-electron chi connectivity index (χ2n) is 17.9. The number of nitrogens with one attached hydrogen (secondary N) is 3. The maximum Gasteiger partial charge on any atom is 0.320 e. The number of cyclic esters (lactones) is 2. The van der Waals surface area contributed by atoms with Crippen molar-refractivity contribution in [3.63, 3.8) is 0 Å². The molecule has 2 aromatic rings. The fourth-order valence-electron chi connectivity index (χ4n) is 7.70. The van der Waals surface area contributed by atoms with Crippen LogP contribution in [0.25, 0.3) is 0 Å². The van der Waals surface area contributed by atoms with Crippen molar-refractivity contribution in [2.24, 2.45) is 53.1 Å². The van der Waals surface area contributed by atoms with E-state index >= 15 is 0 Å². The number of carbonyl (C=O) groups excluding carboxylic acids is 4. The van der Waals surface area contributed by atoms with Crippen LogP contribution in [-0.2, 0) is 50.5 Å². The SMILES string of the molecule is CCC(CO)C(C(=O)NCCCNC)C(C)C(=O)O.CCC(CO)C(C(=O)NCCC[NH2+]CCc1ccccc1)C(C)C(=O)O.CCC(OC)C1C(=O)OC(=O)C1C.CN(C)CCN.ClCc1ccccc1.[Cl-]. The number of carbonyl (C=O) groups is 6. The molecule has 9 unspecified atom stereocenters. The van der Waals surface area contributed by atoms with E-state index in [1.807, 2.05) is 90.4 Å². The lowest BCUT2D eigenvalue weighted by atomic mass is 9.80. The van der Waals surface area contributed by atoms with Gasteiger partial charge in [-0.1, -0.05) is 115 Å². The Morgan fingerprint density at radius 2 is 1.23 bits per heavy atom.